The van der Waals surface area contributed by atoms with Crippen molar-refractivity contribution in [2.45, 2.75) is 25.1 Å². The third-order valence-corrected chi connectivity index (χ3v) is 3.75. The van der Waals surface area contributed by atoms with Gasteiger partial charge in [0, 0.05) is 5.22 Å². The third-order valence-electron chi connectivity index (χ3n) is 3.75. The molecule has 1 saturated carbocycles. The van der Waals surface area contributed by atoms with Gasteiger partial charge in [-0.05, 0) is 18.9 Å². The zero-order valence-electron chi connectivity index (χ0n) is 14.1. The van der Waals surface area contributed by atoms with Gasteiger partial charge < -0.3 is 10.1 Å². The highest BCUT2D eigenvalue weighted by atomic mass is 19.4. The molecule has 0 radical (unpaired) electrons. The molecule has 1 fully saturated rings. The molecule has 3 aromatic rings. The molecular formula is C14H14F3N9O2. The maximum Gasteiger partial charge on any atom is 0.402 e. The van der Waals surface area contributed by atoms with E-state index in [-0.39, 0.29) is 34.8 Å². The van der Waals surface area contributed by atoms with Crippen molar-refractivity contribution < 1.29 is 18.3 Å². The van der Waals surface area contributed by atoms with Gasteiger partial charge in [-0.1, -0.05) is 0 Å². The van der Waals surface area contributed by atoms with Crippen molar-refractivity contribution in [3.8, 4) is 5.88 Å². The number of anilines is 1. The maximum atomic E-state index is 12.3. The van der Waals surface area contributed by atoms with E-state index < -0.39 is 18.4 Å². The highest BCUT2D eigenvalue weighted by Gasteiger charge is 2.26. The van der Waals surface area contributed by atoms with Crippen molar-refractivity contribution >= 4 is 17.7 Å². The lowest BCUT2D eigenvalue weighted by Gasteiger charge is -2.09. The van der Waals surface area contributed by atoms with Crippen molar-refractivity contribution in [1.29, 1.82) is 0 Å². The molecule has 14 heteroatoms. The predicted octanol–water partition coefficient (Wildman–Crippen LogP) is -1.06. The van der Waals surface area contributed by atoms with Crippen LogP contribution in [-0.4, -0.2) is 53.4 Å². The number of halogens is 3. The molecule has 5 N–H and O–H groups in total. The lowest BCUT2D eigenvalue weighted by Crippen LogP contribution is -2.35. The molecule has 0 bridgehead atoms. The van der Waals surface area contributed by atoms with Gasteiger partial charge in [0.15, 0.2) is 5.65 Å². The van der Waals surface area contributed by atoms with Crippen molar-refractivity contribution in [2.24, 2.45) is 4.99 Å². The third kappa shape index (κ3) is 3.95. The number of hydrogen-bond donors (Lipinski definition) is 5. The van der Waals surface area contributed by atoms with Crippen molar-refractivity contribution in [3.63, 3.8) is 0 Å². The van der Waals surface area contributed by atoms with Gasteiger partial charge in [0.05, 0.1) is 12.2 Å². The van der Waals surface area contributed by atoms with Gasteiger partial charge >= 0.3 is 11.9 Å². The van der Waals surface area contributed by atoms with Gasteiger partial charge in [-0.3, -0.25) is 10.4 Å². The van der Waals surface area contributed by atoms with Gasteiger partial charge in [0.1, 0.15) is 12.2 Å². The summed E-state index contributed by atoms with van der Waals surface area (Å²) >= 11 is 0. The Labute approximate surface area is 153 Å². The van der Waals surface area contributed by atoms with Crippen molar-refractivity contribution in [3.05, 3.63) is 33.2 Å². The zero-order valence-corrected chi connectivity index (χ0v) is 14.1. The largest absolute Gasteiger partial charge is 0.493 e. The van der Waals surface area contributed by atoms with Crippen molar-refractivity contribution in [1.82, 2.24) is 35.0 Å². The molecule has 0 aromatic carbocycles. The molecule has 148 valence electrons. The topological polar surface area (TPSA) is 148 Å². The van der Waals surface area contributed by atoms with E-state index in [1.807, 2.05) is 5.43 Å². The van der Waals surface area contributed by atoms with Gasteiger partial charge in [0.25, 0.3) is 5.62 Å². The van der Waals surface area contributed by atoms with Crippen LogP contribution in [0.2, 0.25) is 0 Å². The van der Waals surface area contributed by atoms with Crippen LogP contribution in [0.5, 0.6) is 5.88 Å². The Morgan fingerprint density at radius 3 is 2.79 bits per heavy atom. The first-order valence-corrected chi connectivity index (χ1v) is 8.17. The number of nitrogens with zero attached hydrogens (tertiary/aromatic N) is 5. The van der Waals surface area contributed by atoms with Crippen LogP contribution in [0.15, 0.2) is 16.0 Å². The molecule has 0 unspecified atom stereocenters. The summed E-state index contributed by atoms with van der Waals surface area (Å²) in [5.41, 5.74) is 4.21. The van der Waals surface area contributed by atoms with E-state index in [4.69, 9.17) is 0 Å². The number of imidazole rings is 1. The second-order valence-electron chi connectivity index (χ2n) is 6.12. The quantitative estimate of drug-likeness (QED) is 0.345. The molecule has 0 spiro atoms. The summed E-state index contributed by atoms with van der Waals surface area (Å²) in [7, 11) is 0. The summed E-state index contributed by atoms with van der Waals surface area (Å²) in [6.45, 7) is -1.28. The number of aromatic hydroxyl groups is 1. The lowest BCUT2D eigenvalue weighted by molar-refractivity contribution is -0.123. The minimum Gasteiger partial charge on any atom is -0.493 e. The fourth-order valence-corrected chi connectivity index (χ4v) is 2.36. The summed E-state index contributed by atoms with van der Waals surface area (Å²) in [6.07, 6.45) is 0.189. The maximum absolute atomic E-state index is 12.3. The number of fused-ring (bicyclic) bond motifs is 1. The Balaban J connectivity index is 1.79. The molecule has 11 nitrogen and oxygen atoms in total. The molecule has 0 amide bonds. The van der Waals surface area contributed by atoms with E-state index in [0.717, 1.165) is 12.8 Å². The molecule has 0 saturated heterocycles. The van der Waals surface area contributed by atoms with Crippen LogP contribution in [0.25, 0.3) is 11.7 Å². The first kappa shape index (κ1) is 18.0. The van der Waals surface area contributed by atoms with Gasteiger partial charge in [-0.2, -0.15) is 32.8 Å². The number of hydrogen-bond acceptors (Lipinski definition) is 8. The van der Waals surface area contributed by atoms with E-state index in [1.54, 1.807) is 0 Å². The van der Waals surface area contributed by atoms with Crippen LogP contribution in [-0.2, 0) is 0 Å². The Bertz CT molecular complexity index is 1190. The smallest absolute Gasteiger partial charge is 0.402 e. The van der Waals surface area contributed by atoms with E-state index in [9.17, 15) is 23.1 Å². The summed E-state index contributed by atoms with van der Waals surface area (Å²) in [4.78, 5) is 28.5. The fourth-order valence-electron chi connectivity index (χ4n) is 2.36. The van der Waals surface area contributed by atoms with E-state index in [2.05, 4.69) is 35.5 Å². The summed E-state index contributed by atoms with van der Waals surface area (Å²) in [6, 6.07) is 0.0794. The van der Waals surface area contributed by atoms with Gasteiger partial charge in [0.2, 0.25) is 11.8 Å². The monoisotopic (exact) mass is 397 g/mol. The molecule has 4 rings (SSSR count). The predicted molar refractivity (Wildman–Crippen MR) is 88.9 cm³/mol. The number of nitrogens with one attached hydrogen (secondary N) is 4. The number of aromatic nitrogens is 6. The normalized spacial score (nSPS) is 16.2. The summed E-state index contributed by atoms with van der Waals surface area (Å²) in [5.74, 6) is -0.496. The Morgan fingerprint density at radius 2 is 2.14 bits per heavy atom. The molecule has 1 aliphatic carbocycles. The Morgan fingerprint density at radius 1 is 1.36 bits per heavy atom. The molecule has 0 atom stereocenters. The second kappa shape index (κ2) is 6.63. The van der Waals surface area contributed by atoms with Crippen LogP contribution in [0.4, 0.5) is 19.1 Å². The minimum absolute atomic E-state index is 0.0794. The number of alkyl halides is 3. The van der Waals surface area contributed by atoms with Crippen LogP contribution < -0.4 is 27.4 Å². The number of H-pyrrole nitrogens is 2. The fraction of sp³-hybridized carbons (Fsp3) is 0.357. The molecule has 3 aromatic heterocycles. The minimum atomic E-state index is -4.41. The standard InChI is InChI=1S/C14H14F3N9O2/c15-14(16,17)5-18-25-11-22-9-6(3-8-10(27)23-13(28)21-8)4-19-26(9)12(24-11)20-7-1-2-7/h3-4,7,18,27H,1-2,5H2,(H,20,24,25)(H2,21,23,28)/b6-3-. The van der Waals surface area contributed by atoms with E-state index in [0.29, 0.717) is 5.22 Å². The van der Waals surface area contributed by atoms with E-state index in [1.165, 1.54) is 16.8 Å². The number of rotatable bonds is 5. The van der Waals surface area contributed by atoms with Crippen LogP contribution >= 0.6 is 0 Å². The molecule has 0 aliphatic heterocycles. The summed E-state index contributed by atoms with van der Waals surface area (Å²) < 4.78 is 38.3. The SMILES string of the molecule is O=c1[nH]c(O)c(/C=c2/cnn3c(=NC4CC4)nc(NNCC(F)(F)F)nc23)[nH]1. The van der Waals surface area contributed by atoms with Gasteiger partial charge in [-0.15, -0.1) is 0 Å². The highest BCUT2D eigenvalue weighted by Crippen LogP contribution is 2.22. The zero-order chi connectivity index (χ0) is 19.9. The average Bonchev–Trinajstić information content (AvgIpc) is 3.23. The molecule has 1 aliphatic rings. The first-order chi connectivity index (χ1) is 13.3. The molecule has 3 heterocycles. The van der Waals surface area contributed by atoms with Crippen molar-refractivity contribution in [2.75, 3.05) is 12.0 Å². The Hall–Kier alpha value is -3.42. The lowest BCUT2D eigenvalue weighted by atomic mass is 10.3. The number of aromatic amines is 2. The summed E-state index contributed by atoms with van der Waals surface area (Å²) in [5, 5.41) is 14.2. The van der Waals surface area contributed by atoms with Crippen LogP contribution in [0.3, 0.4) is 0 Å². The van der Waals surface area contributed by atoms with Gasteiger partial charge in [-0.25, -0.2) is 15.2 Å². The first-order valence-electron chi connectivity index (χ1n) is 8.17. The average molecular weight is 397 g/mol. The number of hydrazine groups is 1. The van der Waals surface area contributed by atoms with E-state index >= 15 is 0 Å². The van der Waals surface area contributed by atoms with Crippen LogP contribution in [0.1, 0.15) is 18.5 Å². The van der Waals surface area contributed by atoms with Crippen LogP contribution in [0, 0.1) is 0 Å². The Kier molecular flexibility index (Phi) is 4.26. The molecular weight excluding hydrogens is 383 g/mol. The second-order valence-corrected chi connectivity index (χ2v) is 6.12. The highest BCUT2D eigenvalue weighted by molar-refractivity contribution is 5.56. The molecule has 28 heavy (non-hydrogen) atoms.